The number of benzene rings is 1. The van der Waals surface area contributed by atoms with E-state index in [1.165, 1.54) is 4.90 Å². The van der Waals surface area contributed by atoms with E-state index in [0.717, 1.165) is 42.7 Å². The summed E-state index contributed by atoms with van der Waals surface area (Å²) in [6, 6.07) is 7.76. The molecule has 1 atom stereocenters. The Hall–Kier alpha value is -2.38. The molecule has 2 aromatic rings. The number of carbonyl (C=O) groups is 2. The van der Waals surface area contributed by atoms with E-state index in [2.05, 4.69) is 15.7 Å². The predicted molar refractivity (Wildman–Crippen MR) is 112 cm³/mol. The van der Waals surface area contributed by atoms with Crippen molar-refractivity contribution in [3.05, 3.63) is 47.3 Å². The van der Waals surface area contributed by atoms with Gasteiger partial charge in [0.2, 0.25) is 5.91 Å². The third-order valence-electron chi connectivity index (χ3n) is 5.08. The summed E-state index contributed by atoms with van der Waals surface area (Å²) in [7, 11) is 1.62. The smallest absolute Gasteiger partial charge is 0.274 e. The third-order valence-corrected chi connectivity index (χ3v) is 5.08. The molecule has 8 heteroatoms. The number of hydrogen-bond acceptors (Lipinski definition) is 4. The minimum absolute atomic E-state index is 0. The van der Waals surface area contributed by atoms with Gasteiger partial charge in [0.25, 0.3) is 5.91 Å². The van der Waals surface area contributed by atoms with Crippen LogP contribution >= 0.6 is 12.4 Å². The maximum atomic E-state index is 12.6. The second kappa shape index (κ2) is 9.71. The maximum absolute atomic E-state index is 12.6. The number of hydrogen-bond donors (Lipinski definition) is 2. The lowest BCUT2D eigenvalue weighted by molar-refractivity contribution is -0.116. The summed E-state index contributed by atoms with van der Waals surface area (Å²) in [5.74, 6) is -0.482. The van der Waals surface area contributed by atoms with Crippen molar-refractivity contribution >= 4 is 29.9 Å². The number of amides is 2. The Morgan fingerprint density at radius 2 is 2.11 bits per heavy atom. The molecule has 1 aliphatic heterocycles. The van der Waals surface area contributed by atoms with Crippen molar-refractivity contribution in [1.82, 2.24) is 20.0 Å². The number of halogens is 1. The average Bonchev–Trinajstić information content (AvgIpc) is 3.15. The summed E-state index contributed by atoms with van der Waals surface area (Å²) in [4.78, 5) is 26.3. The maximum Gasteiger partial charge on any atom is 0.274 e. The molecule has 2 N–H and O–H groups in total. The highest BCUT2D eigenvalue weighted by atomic mass is 35.5. The Kier molecular flexibility index (Phi) is 7.60. The molecule has 0 saturated carbocycles. The lowest BCUT2D eigenvalue weighted by atomic mass is 10.1. The molecule has 7 nitrogen and oxygen atoms in total. The topological polar surface area (TPSA) is 79.3 Å². The number of piperidine rings is 1. The SMILES string of the molecule is Cc1cccc(NC(=O)CN(C)C(=O)c2ccn(C3CCCNC3)n2)c1C.Cl. The van der Waals surface area contributed by atoms with Crippen LogP contribution in [-0.4, -0.2) is 53.2 Å². The van der Waals surface area contributed by atoms with Crippen molar-refractivity contribution in [3.63, 3.8) is 0 Å². The van der Waals surface area contributed by atoms with Gasteiger partial charge >= 0.3 is 0 Å². The Morgan fingerprint density at radius 3 is 2.82 bits per heavy atom. The van der Waals surface area contributed by atoms with Crippen molar-refractivity contribution in [1.29, 1.82) is 0 Å². The summed E-state index contributed by atoms with van der Waals surface area (Å²) in [5.41, 5.74) is 3.28. The molecule has 1 aromatic heterocycles. The van der Waals surface area contributed by atoms with Crippen molar-refractivity contribution in [3.8, 4) is 0 Å². The van der Waals surface area contributed by atoms with Crippen LogP contribution in [0.2, 0.25) is 0 Å². The van der Waals surface area contributed by atoms with Gasteiger partial charge in [0.1, 0.15) is 5.69 Å². The van der Waals surface area contributed by atoms with Gasteiger partial charge < -0.3 is 15.5 Å². The van der Waals surface area contributed by atoms with Crippen LogP contribution in [0.3, 0.4) is 0 Å². The highest BCUT2D eigenvalue weighted by Gasteiger charge is 2.21. The van der Waals surface area contributed by atoms with Gasteiger partial charge in [0.15, 0.2) is 0 Å². The normalized spacial score (nSPS) is 16.2. The first-order valence-electron chi connectivity index (χ1n) is 9.33. The molecule has 1 fully saturated rings. The molecule has 152 valence electrons. The summed E-state index contributed by atoms with van der Waals surface area (Å²) in [5, 5.41) is 10.6. The molecule has 2 amide bonds. The van der Waals surface area contributed by atoms with Gasteiger partial charge in [-0.1, -0.05) is 12.1 Å². The summed E-state index contributed by atoms with van der Waals surface area (Å²) < 4.78 is 1.85. The van der Waals surface area contributed by atoms with Gasteiger partial charge in [-0.25, -0.2) is 0 Å². The Bertz CT molecular complexity index is 830. The number of rotatable bonds is 5. The lowest BCUT2D eigenvalue weighted by Gasteiger charge is -2.23. The summed E-state index contributed by atoms with van der Waals surface area (Å²) >= 11 is 0. The van der Waals surface area contributed by atoms with Crippen LogP contribution in [0.4, 0.5) is 5.69 Å². The largest absolute Gasteiger partial charge is 0.331 e. The first-order valence-corrected chi connectivity index (χ1v) is 9.33. The van der Waals surface area contributed by atoms with E-state index >= 15 is 0 Å². The molecule has 1 unspecified atom stereocenters. The van der Waals surface area contributed by atoms with E-state index in [1.807, 2.05) is 42.9 Å². The van der Waals surface area contributed by atoms with Crippen molar-refractivity contribution in [2.24, 2.45) is 0 Å². The van der Waals surface area contributed by atoms with E-state index in [1.54, 1.807) is 13.1 Å². The number of nitrogens with one attached hydrogen (secondary N) is 2. The Labute approximate surface area is 171 Å². The molecule has 0 spiro atoms. The van der Waals surface area contributed by atoms with Crippen LogP contribution in [0.5, 0.6) is 0 Å². The molecule has 0 aliphatic carbocycles. The fourth-order valence-electron chi connectivity index (χ4n) is 3.27. The molecule has 3 rings (SSSR count). The van der Waals surface area contributed by atoms with Gasteiger partial charge in [-0.3, -0.25) is 14.3 Å². The quantitative estimate of drug-likeness (QED) is 0.801. The van der Waals surface area contributed by atoms with Gasteiger partial charge in [-0.15, -0.1) is 12.4 Å². The Balaban J connectivity index is 0.00000280. The van der Waals surface area contributed by atoms with Gasteiger partial charge in [-0.2, -0.15) is 5.10 Å². The van der Waals surface area contributed by atoms with Crippen molar-refractivity contribution < 1.29 is 9.59 Å². The molecular formula is C20H28ClN5O2. The van der Waals surface area contributed by atoms with Gasteiger partial charge in [-0.05, 0) is 56.5 Å². The van der Waals surface area contributed by atoms with Gasteiger partial charge in [0, 0.05) is 25.5 Å². The van der Waals surface area contributed by atoms with Crippen LogP contribution in [0.25, 0.3) is 0 Å². The molecule has 2 heterocycles. The zero-order valence-electron chi connectivity index (χ0n) is 16.6. The zero-order valence-corrected chi connectivity index (χ0v) is 17.4. The predicted octanol–water partition coefficient (Wildman–Crippen LogP) is 2.56. The molecule has 0 radical (unpaired) electrons. The second-order valence-electron chi connectivity index (χ2n) is 7.14. The number of carbonyl (C=O) groups excluding carboxylic acids is 2. The second-order valence-corrected chi connectivity index (χ2v) is 7.14. The molecular weight excluding hydrogens is 378 g/mol. The first kappa shape index (κ1) is 21.9. The molecule has 1 aromatic carbocycles. The zero-order chi connectivity index (χ0) is 19.4. The van der Waals surface area contributed by atoms with E-state index in [9.17, 15) is 9.59 Å². The van der Waals surface area contributed by atoms with Gasteiger partial charge in [0.05, 0.1) is 12.6 Å². The first-order chi connectivity index (χ1) is 13.0. The van der Waals surface area contributed by atoms with E-state index < -0.39 is 0 Å². The van der Waals surface area contributed by atoms with Crippen LogP contribution < -0.4 is 10.6 Å². The van der Waals surface area contributed by atoms with Crippen LogP contribution in [-0.2, 0) is 4.79 Å². The highest BCUT2D eigenvalue weighted by molar-refractivity contribution is 5.98. The number of nitrogens with zero attached hydrogens (tertiary/aromatic N) is 3. The minimum atomic E-state index is -0.256. The molecule has 1 saturated heterocycles. The number of aromatic nitrogens is 2. The van der Waals surface area contributed by atoms with Crippen molar-refractivity contribution in [2.45, 2.75) is 32.7 Å². The highest BCUT2D eigenvalue weighted by Crippen LogP contribution is 2.18. The van der Waals surface area contributed by atoms with Crippen LogP contribution in [0.1, 0.15) is 40.5 Å². The van der Waals surface area contributed by atoms with E-state index in [-0.39, 0.29) is 36.8 Å². The molecule has 0 bridgehead atoms. The Morgan fingerprint density at radius 1 is 1.32 bits per heavy atom. The minimum Gasteiger partial charge on any atom is -0.331 e. The number of likely N-dealkylation sites (N-methyl/N-ethyl adjacent to an activating group) is 1. The third kappa shape index (κ3) is 5.11. The fourth-order valence-corrected chi connectivity index (χ4v) is 3.27. The van der Waals surface area contributed by atoms with E-state index in [4.69, 9.17) is 0 Å². The molecule has 1 aliphatic rings. The lowest BCUT2D eigenvalue weighted by Crippen LogP contribution is -2.35. The van der Waals surface area contributed by atoms with Crippen LogP contribution in [0, 0.1) is 13.8 Å². The number of anilines is 1. The average molecular weight is 406 g/mol. The monoisotopic (exact) mass is 405 g/mol. The number of aryl methyl sites for hydroxylation is 1. The van der Waals surface area contributed by atoms with Crippen molar-refractivity contribution in [2.75, 3.05) is 32.0 Å². The summed E-state index contributed by atoms with van der Waals surface area (Å²) in [6.07, 6.45) is 4.00. The van der Waals surface area contributed by atoms with E-state index in [0.29, 0.717) is 5.69 Å². The fraction of sp³-hybridized carbons (Fsp3) is 0.450. The molecule has 28 heavy (non-hydrogen) atoms. The van der Waals surface area contributed by atoms with Crippen LogP contribution in [0.15, 0.2) is 30.5 Å². The summed E-state index contributed by atoms with van der Waals surface area (Å²) in [6.45, 7) is 5.83. The standard InChI is InChI=1S/C20H27N5O2.ClH/c1-14-6-4-8-17(15(14)2)22-19(26)13-24(3)20(27)18-9-11-25(23-18)16-7-5-10-21-12-16;/h4,6,8-9,11,16,21H,5,7,10,12-13H2,1-3H3,(H,22,26);1H.